The Bertz CT molecular complexity index is 677. The predicted octanol–water partition coefficient (Wildman–Crippen LogP) is 2.84. The van der Waals surface area contributed by atoms with Gasteiger partial charge in [-0.15, -0.1) is 0 Å². The summed E-state index contributed by atoms with van der Waals surface area (Å²) in [5.41, 5.74) is 1.50. The summed E-state index contributed by atoms with van der Waals surface area (Å²) in [5, 5.41) is 5.59. The average molecular weight is 320 g/mol. The van der Waals surface area contributed by atoms with E-state index in [9.17, 15) is 9.59 Å². The Balaban J connectivity index is 2.00. The number of ether oxygens (including phenoxy) is 1. The van der Waals surface area contributed by atoms with E-state index in [0.29, 0.717) is 22.8 Å². The van der Waals surface area contributed by atoms with Crippen LogP contribution in [0.3, 0.4) is 0 Å². The van der Waals surface area contributed by atoms with Crippen LogP contribution in [0, 0.1) is 0 Å². The number of urea groups is 1. The van der Waals surface area contributed by atoms with E-state index in [1.54, 1.807) is 18.5 Å². The van der Waals surface area contributed by atoms with Gasteiger partial charge in [-0.25, -0.2) is 9.59 Å². The molecule has 22 heavy (non-hydrogen) atoms. The van der Waals surface area contributed by atoms with Crippen LogP contribution in [-0.4, -0.2) is 24.1 Å². The van der Waals surface area contributed by atoms with E-state index in [4.69, 9.17) is 11.6 Å². The van der Waals surface area contributed by atoms with Crippen molar-refractivity contribution >= 4 is 29.3 Å². The summed E-state index contributed by atoms with van der Waals surface area (Å²) < 4.78 is 4.62. The van der Waals surface area contributed by atoms with Gasteiger partial charge < -0.3 is 15.4 Å². The molecule has 0 radical (unpaired) electrons. The number of hydrogen-bond acceptors (Lipinski definition) is 4. The van der Waals surface area contributed by atoms with Crippen LogP contribution in [0.4, 0.5) is 10.5 Å². The number of aromatic nitrogens is 1. The summed E-state index contributed by atoms with van der Waals surface area (Å²) in [5.74, 6) is -0.504. The summed E-state index contributed by atoms with van der Waals surface area (Å²) in [6.45, 7) is 0.327. The number of hydrogen-bond donors (Lipinski definition) is 2. The van der Waals surface area contributed by atoms with Crippen LogP contribution in [0.5, 0.6) is 0 Å². The maximum atomic E-state index is 11.9. The van der Waals surface area contributed by atoms with Gasteiger partial charge in [-0.3, -0.25) is 4.98 Å². The molecule has 6 nitrogen and oxygen atoms in total. The number of carbonyl (C=O) groups excluding carboxylic acids is 2. The smallest absolute Gasteiger partial charge is 0.337 e. The fourth-order valence-electron chi connectivity index (χ4n) is 1.72. The molecule has 0 saturated carbocycles. The molecule has 0 spiro atoms. The lowest BCUT2D eigenvalue weighted by atomic mass is 10.2. The number of carbonyl (C=O) groups is 2. The van der Waals surface area contributed by atoms with Crippen LogP contribution in [0.25, 0.3) is 0 Å². The first kappa shape index (κ1) is 15.8. The number of nitrogens with one attached hydrogen (secondary N) is 2. The van der Waals surface area contributed by atoms with Gasteiger partial charge in [0.15, 0.2) is 0 Å². The van der Waals surface area contributed by atoms with E-state index in [1.165, 1.54) is 25.3 Å². The lowest BCUT2D eigenvalue weighted by molar-refractivity contribution is 0.0600. The number of nitrogens with zero attached hydrogens (tertiary/aromatic N) is 1. The highest BCUT2D eigenvalue weighted by Gasteiger charge is 2.11. The zero-order valence-corrected chi connectivity index (χ0v) is 12.6. The van der Waals surface area contributed by atoms with Crippen LogP contribution in [0.1, 0.15) is 15.9 Å². The van der Waals surface area contributed by atoms with E-state index in [0.717, 1.165) is 5.56 Å². The molecule has 2 N–H and O–H groups in total. The molecule has 0 atom stereocenters. The lowest BCUT2D eigenvalue weighted by Crippen LogP contribution is -2.28. The van der Waals surface area contributed by atoms with Gasteiger partial charge in [-0.2, -0.15) is 0 Å². The summed E-state index contributed by atoms with van der Waals surface area (Å²) >= 11 is 6.00. The van der Waals surface area contributed by atoms with Crippen molar-refractivity contribution in [2.24, 2.45) is 0 Å². The van der Waals surface area contributed by atoms with Crippen LogP contribution < -0.4 is 10.6 Å². The molecule has 0 bridgehead atoms. The number of halogens is 1. The second-order valence-electron chi connectivity index (χ2n) is 4.36. The van der Waals surface area contributed by atoms with Gasteiger partial charge >= 0.3 is 12.0 Å². The topological polar surface area (TPSA) is 80.3 Å². The zero-order valence-electron chi connectivity index (χ0n) is 11.8. The van der Waals surface area contributed by atoms with Gasteiger partial charge in [-0.05, 0) is 29.8 Å². The number of methoxy groups -OCH3 is 1. The third-order valence-electron chi connectivity index (χ3n) is 2.81. The number of esters is 1. The van der Waals surface area contributed by atoms with Crippen LogP contribution in [0.2, 0.25) is 5.02 Å². The van der Waals surface area contributed by atoms with E-state index < -0.39 is 12.0 Å². The average Bonchev–Trinajstić information content (AvgIpc) is 2.55. The SMILES string of the molecule is COC(=O)c1ccc(Cl)c(NC(=O)NCc2cccnc2)c1. The van der Waals surface area contributed by atoms with E-state index >= 15 is 0 Å². The molecule has 1 aromatic carbocycles. The van der Waals surface area contributed by atoms with Crippen molar-refractivity contribution in [3.63, 3.8) is 0 Å². The molecule has 2 rings (SSSR count). The van der Waals surface area contributed by atoms with Gasteiger partial charge in [0.25, 0.3) is 0 Å². The van der Waals surface area contributed by atoms with Gasteiger partial charge in [-0.1, -0.05) is 17.7 Å². The van der Waals surface area contributed by atoms with Gasteiger partial charge in [0.1, 0.15) is 0 Å². The predicted molar refractivity (Wildman–Crippen MR) is 82.9 cm³/mol. The van der Waals surface area contributed by atoms with E-state index in [1.807, 2.05) is 6.07 Å². The quantitative estimate of drug-likeness (QED) is 0.849. The Kier molecular flexibility index (Phi) is 5.32. The second kappa shape index (κ2) is 7.42. The third kappa shape index (κ3) is 4.20. The summed E-state index contributed by atoms with van der Waals surface area (Å²) in [7, 11) is 1.28. The fraction of sp³-hybridized carbons (Fsp3) is 0.133. The maximum Gasteiger partial charge on any atom is 0.337 e. The first-order valence-corrected chi connectivity index (χ1v) is 6.79. The van der Waals surface area contributed by atoms with Crippen LogP contribution >= 0.6 is 11.6 Å². The Morgan fingerprint density at radius 1 is 1.32 bits per heavy atom. The van der Waals surface area contributed by atoms with E-state index in [-0.39, 0.29) is 0 Å². The third-order valence-corrected chi connectivity index (χ3v) is 3.14. The summed E-state index contributed by atoms with van der Waals surface area (Å²) in [6.07, 6.45) is 3.31. The Morgan fingerprint density at radius 3 is 2.82 bits per heavy atom. The van der Waals surface area contributed by atoms with Gasteiger partial charge in [0, 0.05) is 18.9 Å². The highest BCUT2D eigenvalue weighted by atomic mass is 35.5. The Labute approximate surface area is 132 Å². The molecular weight excluding hydrogens is 306 g/mol. The molecule has 0 aliphatic rings. The van der Waals surface area contributed by atoms with Crippen molar-refractivity contribution in [1.29, 1.82) is 0 Å². The standard InChI is InChI=1S/C15H14ClN3O3/c1-22-14(20)11-4-5-12(16)13(7-11)19-15(21)18-9-10-3-2-6-17-8-10/h2-8H,9H2,1H3,(H2,18,19,21). The highest BCUT2D eigenvalue weighted by molar-refractivity contribution is 6.33. The zero-order chi connectivity index (χ0) is 15.9. The minimum Gasteiger partial charge on any atom is -0.465 e. The molecular formula is C15H14ClN3O3. The molecule has 0 unspecified atom stereocenters. The van der Waals surface area contributed by atoms with Crippen molar-refractivity contribution in [2.45, 2.75) is 6.54 Å². The molecule has 1 heterocycles. The highest BCUT2D eigenvalue weighted by Crippen LogP contribution is 2.23. The molecule has 0 fully saturated rings. The number of amides is 2. The molecule has 0 saturated heterocycles. The Hall–Kier alpha value is -2.60. The minimum atomic E-state index is -0.504. The van der Waals surface area contributed by atoms with Crippen LogP contribution in [0.15, 0.2) is 42.7 Å². The summed E-state index contributed by atoms with van der Waals surface area (Å²) in [6, 6.07) is 7.69. The van der Waals surface area contributed by atoms with Gasteiger partial charge in [0.2, 0.25) is 0 Å². The largest absolute Gasteiger partial charge is 0.465 e. The van der Waals surface area contributed by atoms with Crippen LogP contribution in [-0.2, 0) is 11.3 Å². The molecule has 1 aromatic heterocycles. The first-order valence-electron chi connectivity index (χ1n) is 6.42. The lowest BCUT2D eigenvalue weighted by Gasteiger charge is -2.10. The number of pyridine rings is 1. The molecule has 2 amide bonds. The van der Waals surface area contributed by atoms with Crippen molar-refractivity contribution in [3.8, 4) is 0 Å². The molecule has 114 valence electrons. The maximum absolute atomic E-state index is 11.9. The normalized spacial score (nSPS) is 9.91. The molecule has 2 aromatic rings. The van der Waals surface area contributed by atoms with E-state index in [2.05, 4.69) is 20.4 Å². The number of anilines is 1. The number of benzene rings is 1. The second-order valence-corrected chi connectivity index (χ2v) is 4.76. The van der Waals surface area contributed by atoms with Gasteiger partial charge in [0.05, 0.1) is 23.4 Å². The first-order chi connectivity index (χ1) is 10.6. The van der Waals surface area contributed by atoms with Crippen molar-refractivity contribution < 1.29 is 14.3 Å². The monoisotopic (exact) mass is 319 g/mol. The Morgan fingerprint density at radius 2 is 2.14 bits per heavy atom. The van der Waals surface area contributed by atoms with Crippen molar-refractivity contribution in [3.05, 3.63) is 58.9 Å². The van der Waals surface area contributed by atoms with Crippen molar-refractivity contribution in [2.75, 3.05) is 12.4 Å². The number of rotatable bonds is 4. The molecule has 0 aliphatic carbocycles. The van der Waals surface area contributed by atoms with Crippen molar-refractivity contribution in [1.82, 2.24) is 10.3 Å². The molecule has 0 aliphatic heterocycles. The minimum absolute atomic E-state index is 0.300. The molecule has 7 heteroatoms. The fourth-order valence-corrected chi connectivity index (χ4v) is 1.88. The summed E-state index contributed by atoms with van der Waals surface area (Å²) in [4.78, 5) is 27.3.